The summed E-state index contributed by atoms with van der Waals surface area (Å²) in [6.45, 7) is 6.49. The number of nitriles is 1. The van der Waals surface area contributed by atoms with Gasteiger partial charge in [-0.3, -0.25) is 0 Å². The number of benzene rings is 1. The van der Waals surface area contributed by atoms with Crippen molar-refractivity contribution in [3.05, 3.63) is 28.2 Å². The Hall–Kier alpha value is -1.74. The molecule has 1 heterocycles. The van der Waals surface area contributed by atoms with E-state index in [9.17, 15) is 4.79 Å². The average molecular weight is 353 g/mol. The number of rotatable bonds is 2. The molecule has 21 heavy (non-hydrogen) atoms. The van der Waals surface area contributed by atoms with E-state index >= 15 is 0 Å². The van der Waals surface area contributed by atoms with Crippen molar-refractivity contribution in [2.24, 2.45) is 0 Å². The maximum atomic E-state index is 11.8. The number of carbonyl (C=O) groups is 1. The van der Waals surface area contributed by atoms with E-state index in [0.717, 1.165) is 4.47 Å². The monoisotopic (exact) mass is 352 g/mol. The topological polar surface area (TPSA) is 62.6 Å². The van der Waals surface area contributed by atoms with Gasteiger partial charge in [-0.1, -0.05) is 15.9 Å². The van der Waals surface area contributed by atoms with Gasteiger partial charge >= 0.3 is 6.09 Å². The second kappa shape index (κ2) is 5.94. The Balaban J connectivity index is 1.87. The first-order valence-electron chi connectivity index (χ1n) is 6.62. The molecule has 0 aromatic heterocycles. The Labute approximate surface area is 132 Å². The van der Waals surface area contributed by atoms with Crippen molar-refractivity contribution in [2.45, 2.75) is 32.5 Å². The van der Waals surface area contributed by atoms with Gasteiger partial charge in [0.2, 0.25) is 0 Å². The molecule has 0 atom stereocenters. The van der Waals surface area contributed by atoms with Crippen LogP contribution in [-0.4, -0.2) is 35.8 Å². The molecule has 1 fully saturated rings. The van der Waals surface area contributed by atoms with Gasteiger partial charge in [0.25, 0.3) is 0 Å². The van der Waals surface area contributed by atoms with E-state index in [1.807, 2.05) is 20.8 Å². The zero-order valence-corrected chi connectivity index (χ0v) is 13.8. The fraction of sp³-hybridized carbons (Fsp3) is 0.467. The molecular formula is C15H17BrN2O3. The quantitative estimate of drug-likeness (QED) is 0.818. The lowest BCUT2D eigenvalue weighted by molar-refractivity contribution is -0.0221. The predicted molar refractivity (Wildman–Crippen MR) is 81.1 cm³/mol. The molecule has 1 saturated heterocycles. The Morgan fingerprint density at radius 1 is 1.38 bits per heavy atom. The van der Waals surface area contributed by atoms with Crippen LogP contribution in [0.2, 0.25) is 0 Å². The van der Waals surface area contributed by atoms with E-state index in [1.165, 1.54) is 0 Å². The zero-order chi connectivity index (χ0) is 15.6. The summed E-state index contributed by atoms with van der Waals surface area (Å²) >= 11 is 3.34. The summed E-state index contributed by atoms with van der Waals surface area (Å²) in [4.78, 5) is 13.4. The van der Waals surface area contributed by atoms with Crippen molar-refractivity contribution in [3.8, 4) is 11.8 Å². The molecule has 1 aromatic rings. The average Bonchev–Trinajstić information content (AvgIpc) is 2.30. The molecule has 0 unspecified atom stereocenters. The van der Waals surface area contributed by atoms with Gasteiger partial charge in [0.1, 0.15) is 17.5 Å². The van der Waals surface area contributed by atoms with Crippen LogP contribution >= 0.6 is 15.9 Å². The van der Waals surface area contributed by atoms with E-state index in [-0.39, 0.29) is 12.2 Å². The minimum atomic E-state index is -0.491. The van der Waals surface area contributed by atoms with Crippen molar-refractivity contribution in [3.63, 3.8) is 0 Å². The third-order valence-electron chi connectivity index (χ3n) is 2.80. The zero-order valence-electron chi connectivity index (χ0n) is 12.2. The molecule has 112 valence electrons. The van der Waals surface area contributed by atoms with Crippen LogP contribution in [0.3, 0.4) is 0 Å². The lowest BCUT2D eigenvalue weighted by Gasteiger charge is -2.39. The van der Waals surface area contributed by atoms with Crippen molar-refractivity contribution in [1.82, 2.24) is 4.90 Å². The largest absolute Gasteiger partial charge is 0.487 e. The lowest BCUT2D eigenvalue weighted by Crippen LogP contribution is -2.57. The number of likely N-dealkylation sites (tertiary alicyclic amines) is 1. The van der Waals surface area contributed by atoms with Gasteiger partial charge in [-0.15, -0.1) is 0 Å². The first-order chi connectivity index (χ1) is 9.76. The van der Waals surface area contributed by atoms with Gasteiger partial charge in [-0.05, 0) is 39.0 Å². The van der Waals surface area contributed by atoms with E-state index in [2.05, 4.69) is 22.0 Å². The number of hydrogen-bond donors (Lipinski definition) is 0. The third kappa shape index (κ3) is 4.36. The van der Waals surface area contributed by atoms with Gasteiger partial charge < -0.3 is 14.4 Å². The summed E-state index contributed by atoms with van der Waals surface area (Å²) in [6.07, 6.45) is -0.396. The van der Waals surface area contributed by atoms with Gasteiger partial charge in [0, 0.05) is 4.47 Å². The minimum Gasteiger partial charge on any atom is -0.487 e. The first kappa shape index (κ1) is 15.6. The van der Waals surface area contributed by atoms with Gasteiger partial charge in [-0.2, -0.15) is 5.26 Å². The molecule has 0 aliphatic carbocycles. The molecule has 1 aromatic carbocycles. The van der Waals surface area contributed by atoms with E-state index in [4.69, 9.17) is 14.7 Å². The van der Waals surface area contributed by atoms with Gasteiger partial charge in [0.05, 0.1) is 24.7 Å². The minimum absolute atomic E-state index is 0.0710. The van der Waals surface area contributed by atoms with E-state index in [1.54, 1.807) is 23.1 Å². The highest BCUT2D eigenvalue weighted by atomic mass is 79.9. The molecule has 6 heteroatoms. The van der Waals surface area contributed by atoms with Crippen molar-refractivity contribution in [1.29, 1.82) is 5.26 Å². The third-order valence-corrected chi connectivity index (χ3v) is 3.26. The van der Waals surface area contributed by atoms with Crippen molar-refractivity contribution >= 4 is 22.0 Å². The van der Waals surface area contributed by atoms with Crippen LogP contribution in [0.25, 0.3) is 0 Å². The van der Waals surface area contributed by atoms with Crippen LogP contribution < -0.4 is 4.74 Å². The van der Waals surface area contributed by atoms with E-state index in [0.29, 0.717) is 24.4 Å². The smallest absolute Gasteiger partial charge is 0.410 e. The number of amides is 1. The van der Waals surface area contributed by atoms with Crippen LogP contribution in [0.4, 0.5) is 4.79 Å². The standard InChI is InChI=1S/C15H17BrN2O3/c1-15(2,3)21-14(19)18-8-13(9-18)20-12-5-10(7-17)4-11(16)6-12/h4-6,13H,8-9H2,1-3H3. The molecule has 0 saturated carbocycles. The maximum absolute atomic E-state index is 11.8. The van der Waals surface area contributed by atoms with E-state index < -0.39 is 5.60 Å². The molecule has 0 N–H and O–H groups in total. The highest BCUT2D eigenvalue weighted by Crippen LogP contribution is 2.25. The highest BCUT2D eigenvalue weighted by Gasteiger charge is 2.35. The van der Waals surface area contributed by atoms with Gasteiger partial charge in [0.15, 0.2) is 0 Å². The van der Waals surface area contributed by atoms with Crippen molar-refractivity contribution in [2.75, 3.05) is 13.1 Å². The number of halogens is 1. The Morgan fingerprint density at radius 3 is 2.62 bits per heavy atom. The number of hydrogen-bond acceptors (Lipinski definition) is 4. The summed E-state index contributed by atoms with van der Waals surface area (Å²) in [5, 5.41) is 8.92. The molecule has 2 rings (SSSR count). The Kier molecular flexibility index (Phi) is 4.43. The summed E-state index contributed by atoms with van der Waals surface area (Å²) in [5.74, 6) is 0.620. The predicted octanol–water partition coefficient (Wildman–Crippen LogP) is 3.32. The fourth-order valence-corrected chi connectivity index (χ4v) is 2.35. The summed E-state index contributed by atoms with van der Waals surface area (Å²) in [7, 11) is 0. The normalized spacial score (nSPS) is 15.1. The molecule has 0 bridgehead atoms. The molecule has 1 aliphatic heterocycles. The number of ether oxygens (including phenoxy) is 2. The van der Waals surface area contributed by atoms with Crippen LogP contribution in [0.1, 0.15) is 26.3 Å². The number of nitrogens with zero attached hydrogens (tertiary/aromatic N) is 2. The summed E-state index contributed by atoms with van der Waals surface area (Å²) in [6, 6.07) is 7.28. The molecule has 1 aliphatic rings. The molecular weight excluding hydrogens is 336 g/mol. The number of carbonyl (C=O) groups excluding carboxylic acids is 1. The molecule has 0 radical (unpaired) electrons. The molecule has 1 amide bonds. The van der Waals surface area contributed by atoms with Gasteiger partial charge in [-0.25, -0.2) is 4.79 Å². The maximum Gasteiger partial charge on any atom is 0.410 e. The SMILES string of the molecule is CC(C)(C)OC(=O)N1CC(Oc2cc(Br)cc(C#N)c2)C1. The summed E-state index contributed by atoms with van der Waals surface area (Å²) in [5.41, 5.74) is 0.0392. The second-order valence-corrected chi connectivity index (χ2v) is 6.83. The van der Waals surface area contributed by atoms with Crippen LogP contribution in [-0.2, 0) is 4.74 Å². The summed E-state index contributed by atoms with van der Waals surface area (Å²) < 4.78 is 11.8. The van der Waals surface area contributed by atoms with Crippen LogP contribution in [0.5, 0.6) is 5.75 Å². The lowest BCUT2D eigenvalue weighted by atomic mass is 10.1. The Morgan fingerprint density at radius 2 is 2.05 bits per heavy atom. The first-order valence-corrected chi connectivity index (χ1v) is 7.41. The molecule has 5 nitrogen and oxygen atoms in total. The molecule has 0 spiro atoms. The second-order valence-electron chi connectivity index (χ2n) is 5.91. The van der Waals surface area contributed by atoms with Crippen LogP contribution in [0, 0.1) is 11.3 Å². The Bertz CT molecular complexity index is 584. The highest BCUT2D eigenvalue weighted by molar-refractivity contribution is 9.10. The van der Waals surface area contributed by atoms with Crippen LogP contribution in [0.15, 0.2) is 22.7 Å². The van der Waals surface area contributed by atoms with Crippen molar-refractivity contribution < 1.29 is 14.3 Å². The fourth-order valence-electron chi connectivity index (χ4n) is 1.88.